The van der Waals surface area contributed by atoms with Crippen molar-refractivity contribution < 1.29 is 9.53 Å². The van der Waals surface area contributed by atoms with Crippen molar-refractivity contribution in [2.24, 2.45) is 0 Å². The predicted octanol–water partition coefficient (Wildman–Crippen LogP) is 2.33. The number of carbonyl (C=O) groups excluding carboxylic acids is 1. The Kier molecular flexibility index (Phi) is 4.45. The van der Waals surface area contributed by atoms with Crippen LogP contribution in [0.25, 0.3) is 0 Å². The molecule has 0 radical (unpaired) electrons. The second-order valence-corrected chi connectivity index (χ2v) is 6.32. The molecule has 0 bridgehead atoms. The number of para-hydroxylation sites is 1. The van der Waals surface area contributed by atoms with Gasteiger partial charge in [-0.1, -0.05) is 18.2 Å². The second kappa shape index (κ2) is 5.94. The average Bonchev–Trinajstić information content (AvgIpc) is 2.55. The summed E-state index contributed by atoms with van der Waals surface area (Å²) in [5.74, 6) is 0.0166. The quantitative estimate of drug-likeness (QED) is 0.901. The van der Waals surface area contributed by atoms with E-state index in [9.17, 15) is 4.79 Å². The number of benzene rings is 1. The number of rotatable bonds is 2. The molecular formula is C16H24N2O2. The lowest BCUT2D eigenvalue weighted by Gasteiger charge is -2.26. The minimum atomic E-state index is -0.301. The van der Waals surface area contributed by atoms with Crippen molar-refractivity contribution in [3.8, 4) is 0 Å². The highest BCUT2D eigenvalue weighted by atomic mass is 16.5. The van der Waals surface area contributed by atoms with E-state index in [-0.39, 0.29) is 24.2 Å². The number of nitrogens with one attached hydrogen (secondary N) is 1. The van der Waals surface area contributed by atoms with E-state index in [0.717, 1.165) is 17.8 Å². The van der Waals surface area contributed by atoms with Gasteiger partial charge in [-0.25, -0.2) is 0 Å². The molecule has 0 aromatic heterocycles. The summed E-state index contributed by atoms with van der Waals surface area (Å²) in [6.45, 7) is 9.55. The number of nitrogens with zero attached hydrogens (tertiary/aromatic N) is 1. The fourth-order valence-corrected chi connectivity index (χ4v) is 2.24. The van der Waals surface area contributed by atoms with Crippen LogP contribution in [0.4, 0.5) is 5.69 Å². The predicted molar refractivity (Wildman–Crippen MR) is 80.8 cm³/mol. The molecule has 0 fully saturated rings. The molecule has 1 heterocycles. The molecule has 1 aliphatic heterocycles. The Morgan fingerprint density at radius 2 is 2.10 bits per heavy atom. The van der Waals surface area contributed by atoms with Crippen LogP contribution in [0.15, 0.2) is 24.3 Å². The van der Waals surface area contributed by atoms with Crippen molar-refractivity contribution in [1.82, 2.24) is 5.32 Å². The monoisotopic (exact) mass is 276 g/mol. The normalized spacial score (nSPS) is 19.4. The van der Waals surface area contributed by atoms with E-state index in [1.165, 1.54) is 0 Å². The molecule has 1 aromatic carbocycles. The first-order chi connectivity index (χ1) is 9.37. The summed E-state index contributed by atoms with van der Waals surface area (Å²) >= 11 is 0. The first kappa shape index (κ1) is 15.0. The van der Waals surface area contributed by atoms with Gasteiger partial charge in [-0.15, -0.1) is 0 Å². The molecule has 2 rings (SSSR count). The van der Waals surface area contributed by atoms with Crippen molar-refractivity contribution >= 4 is 11.6 Å². The van der Waals surface area contributed by atoms with Crippen LogP contribution in [0.1, 0.15) is 33.3 Å². The molecule has 20 heavy (non-hydrogen) atoms. The molecule has 0 saturated heterocycles. The van der Waals surface area contributed by atoms with Crippen LogP contribution in [0.5, 0.6) is 0 Å². The van der Waals surface area contributed by atoms with Crippen molar-refractivity contribution in [3.05, 3.63) is 29.8 Å². The van der Waals surface area contributed by atoms with E-state index >= 15 is 0 Å². The Labute approximate surface area is 121 Å². The van der Waals surface area contributed by atoms with Crippen molar-refractivity contribution in [2.45, 2.75) is 45.9 Å². The number of hydrogen-bond acceptors (Lipinski definition) is 3. The fraction of sp³-hybridized carbons (Fsp3) is 0.562. The topological polar surface area (TPSA) is 41.6 Å². The maximum Gasteiger partial charge on any atom is 0.253 e. The summed E-state index contributed by atoms with van der Waals surface area (Å²) in [6, 6.07) is 8.31. The van der Waals surface area contributed by atoms with Crippen molar-refractivity contribution in [3.63, 3.8) is 0 Å². The first-order valence-electron chi connectivity index (χ1n) is 7.12. The van der Waals surface area contributed by atoms with E-state index in [4.69, 9.17) is 4.74 Å². The molecule has 1 aliphatic rings. The van der Waals surface area contributed by atoms with Gasteiger partial charge in [0.2, 0.25) is 0 Å². The largest absolute Gasteiger partial charge is 0.366 e. The Morgan fingerprint density at radius 1 is 1.40 bits per heavy atom. The van der Waals surface area contributed by atoms with Gasteiger partial charge in [-0.3, -0.25) is 4.79 Å². The summed E-state index contributed by atoms with van der Waals surface area (Å²) in [6.07, 6.45) is 0. The zero-order chi connectivity index (χ0) is 14.8. The number of ether oxygens (including phenoxy) is 1. The zero-order valence-electron chi connectivity index (χ0n) is 12.8. The Balaban J connectivity index is 2.18. The summed E-state index contributed by atoms with van der Waals surface area (Å²) in [4.78, 5) is 14.3. The van der Waals surface area contributed by atoms with Gasteiger partial charge in [0, 0.05) is 24.8 Å². The third-order valence-corrected chi connectivity index (χ3v) is 3.31. The van der Waals surface area contributed by atoms with Gasteiger partial charge < -0.3 is 15.0 Å². The average molecular weight is 276 g/mol. The van der Waals surface area contributed by atoms with Crippen LogP contribution in [0.3, 0.4) is 0 Å². The standard InChI is InChI=1S/C16H24N2O2/c1-12-10-18(15(19)11-20-16(2,3)4)14-8-6-5-7-13(14)9-17-12/h5-8,12,17H,9-11H2,1-4H3. The van der Waals surface area contributed by atoms with Crippen molar-refractivity contribution in [2.75, 3.05) is 18.1 Å². The minimum absolute atomic E-state index is 0.0166. The molecule has 1 unspecified atom stereocenters. The molecule has 0 saturated carbocycles. The third kappa shape index (κ3) is 3.81. The summed E-state index contributed by atoms with van der Waals surface area (Å²) in [5.41, 5.74) is 1.85. The smallest absolute Gasteiger partial charge is 0.253 e. The molecule has 0 spiro atoms. The zero-order valence-corrected chi connectivity index (χ0v) is 12.8. The van der Waals surface area contributed by atoms with Gasteiger partial charge in [0.15, 0.2) is 0 Å². The fourth-order valence-electron chi connectivity index (χ4n) is 2.24. The number of anilines is 1. The van der Waals surface area contributed by atoms with E-state index in [2.05, 4.69) is 18.3 Å². The van der Waals surface area contributed by atoms with Crippen LogP contribution in [0.2, 0.25) is 0 Å². The Bertz CT molecular complexity index is 480. The van der Waals surface area contributed by atoms with Crippen LogP contribution in [-0.2, 0) is 16.1 Å². The highest BCUT2D eigenvalue weighted by Gasteiger charge is 2.25. The van der Waals surface area contributed by atoms with Crippen molar-refractivity contribution in [1.29, 1.82) is 0 Å². The van der Waals surface area contributed by atoms with Crippen LogP contribution < -0.4 is 10.2 Å². The number of amides is 1. The molecule has 4 nitrogen and oxygen atoms in total. The lowest BCUT2D eigenvalue weighted by atomic mass is 10.1. The van der Waals surface area contributed by atoms with Gasteiger partial charge in [0.05, 0.1) is 5.60 Å². The van der Waals surface area contributed by atoms with E-state index < -0.39 is 0 Å². The molecule has 1 aromatic rings. The second-order valence-electron chi connectivity index (χ2n) is 6.32. The molecule has 1 amide bonds. The Hall–Kier alpha value is -1.39. The highest BCUT2D eigenvalue weighted by Crippen LogP contribution is 2.23. The third-order valence-electron chi connectivity index (χ3n) is 3.31. The van der Waals surface area contributed by atoms with Crippen LogP contribution >= 0.6 is 0 Å². The van der Waals surface area contributed by atoms with E-state index in [1.54, 1.807) is 0 Å². The van der Waals surface area contributed by atoms with Crippen LogP contribution in [0, 0.1) is 0 Å². The van der Waals surface area contributed by atoms with Gasteiger partial charge in [0.1, 0.15) is 6.61 Å². The van der Waals surface area contributed by atoms with E-state index in [0.29, 0.717) is 6.54 Å². The van der Waals surface area contributed by atoms with E-state index in [1.807, 2.05) is 43.9 Å². The maximum atomic E-state index is 12.5. The first-order valence-corrected chi connectivity index (χ1v) is 7.12. The lowest BCUT2D eigenvalue weighted by molar-refractivity contribution is -0.127. The lowest BCUT2D eigenvalue weighted by Crippen LogP contribution is -2.42. The van der Waals surface area contributed by atoms with Gasteiger partial charge in [-0.05, 0) is 39.3 Å². The van der Waals surface area contributed by atoms with Gasteiger partial charge in [-0.2, -0.15) is 0 Å². The Morgan fingerprint density at radius 3 is 2.80 bits per heavy atom. The van der Waals surface area contributed by atoms with Crippen LogP contribution in [-0.4, -0.2) is 30.7 Å². The highest BCUT2D eigenvalue weighted by molar-refractivity contribution is 5.95. The molecular weight excluding hydrogens is 252 g/mol. The minimum Gasteiger partial charge on any atom is -0.366 e. The molecule has 1 atom stereocenters. The molecule has 4 heteroatoms. The number of fused-ring (bicyclic) bond motifs is 1. The number of carbonyl (C=O) groups is 1. The number of hydrogen-bond donors (Lipinski definition) is 1. The summed E-state index contributed by atoms with van der Waals surface area (Å²) < 4.78 is 5.62. The van der Waals surface area contributed by atoms with Gasteiger partial charge >= 0.3 is 0 Å². The summed E-state index contributed by atoms with van der Waals surface area (Å²) in [7, 11) is 0. The maximum absolute atomic E-state index is 12.5. The molecule has 1 N–H and O–H groups in total. The SMILES string of the molecule is CC1CN(C(=O)COC(C)(C)C)c2ccccc2CN1. The molecule has 0 aliphatic carbocycles. The summed E-state index contributed by atoms with van der Waals surface area (Å²) in [5, 5.41) is 3.42. The molecule has 110 valence electrons. The van der Waals surface area contributed by atoms with Gasteiger partial charge in [0.25, 0.3) is 5.91 Å².